The number of amides is 1. The maximum absolute atomic E-state index is 13.3. The van der Waals surface area contributed by atoms with Crippen LogP contribution >= 0.6 is 0 Å². The zero-order chi connectivity index (χ0) is 21.1. The van der Waals surface area contributed by atoms with E-state index in [0.29, 0.717) is 18.1 Å². The fourth-order valence-electron chi connectivity index (χ4n) is 3.43. The maximum atomic E-state index is 13.3. The molecule has 154 valence electrons. The number of aliphatic hydroxyl groups is 1. The van der Waals surface area contributed by atoms with E-state index in [1.54, 1.807) is 6.92 Å². The third-order valence-electron chi connectivity index (χ3n) is 4.96. The van der Waals surface area contributed by atoms with Crippen molar-refractivity contribution in [3.63, 3.8) is 0 Å². The Kier molecular flexibility index (Phi) is 4.19. The van der Waals surface area contributed by atoms with E-state index in [9.17, 15) is 27.5 Å². The molecule has 1 unspecified atom stereocenters. The van der Waals surface area contributed by atoms with E-state index in [-0.39, 0.29) is 24.6 Å². The van der Waals surface area contributed by atoms with Crippen LogP contribution < -0.4 is 0 Å². The average Bonchev–Trinajstić information content (AvgIpc) is 3.24. The number of carbonyl (C=O) groups excluding carboxylic acids is 1. The Morgan fingerprint density at radius 2 is 2.07 bits per heavy atom. The summed E-state index contributed by atoms with van der Waals surface area (Å²) in [6, 6.07) is 3.09. The lowest BCUT2D eigenvalue weighted by Crippen LogP contribution is -2.45. The van der Waals surface area contributed by atoms with Crippen LogP contribution in [0.25, 0.3) is 11.1 Å². The summed E-state index contributed by atoms with van der Waals surface area (Å²) in [5.41, 5.74) is -2.37. The summed E-state index contributed by atoms with van der Waals surface area (Å²) in [4.78, 5) is 22.0. The topological polar surface area (TPSA) is 84.4 Å². The van der Waals surface area contributed by atoms with Crippen LogP contribution in [-0.2, 0) is 12.1 Å². The molecule has 0 fully saturated rings. The second-order valence-electron chi connectivity index (χ2n) is 7.18. The van der Waals surface area contributed by atoms with E-state index in [1.165, 1.54) is 27.8 Å². The predicted octanol–water partition coefficient (Wildman–Crippen LogP) is 3.15. The van der Waals surface area contributed by atoms with Gasteiger partial charge in [-0.25, -0.2) is 14.4 Å². The van der Waals surface area contributed by atoms with Gasteiger partial charge < -0.3 is 19.0 Å². The highest BCUT2D eigenvalue weighted by molar-refractivity contribution is 5.92. The summed E-state index contributed by atoms with van der Waals surface area (Å²) in [5, 5.41) is 10.00. The average molecular weight is 412 g/mol. The van der Waals surface area contributed by atoms with Crippen molar-refractivity contribution in [2.24, 2.45) is 0 Å². The van der Waals surface area contributed by atoms with Crippen molar-refractivity contribution in [1.82, 2.24) is 19.4 Å². The van der Waals surface area contributed by atoms with Gasteiger partial charge in [-0.3, -0.25) is 4.79 Å². The lowest BCUT2D eigenvalue weighted by atomic mass is 10.0. The molecule has 1 amide bonds. The van der Waals surface area contributed by atoms with Crippen molar-refractivity contribution >= 4 is 17.0 Å². The molecule has 2 atom stereocenters. The van der Waals surface area contributed by atoms with Crippen molar-refractivity contribution in [2.45, 2.75) is 38.2 Å². The summed E-state index contributed by atoms with van der Waals surface area (Å²) in [7, 11) is 0. The van der Waals surface area contributed by atoms with E-state index < -0.39 is 35.4 Å². The Morgan fingerprint density at radius 3 is 2.76 bits per heavy atom. The Labute approximate surface area is 161 Å². The van der Waals surface area contributed by atoms with Gasteiger partial charge in [0.15, 0.2) is 11.4 Å². The molecule has 0 radical (unpaired) electrons. The van der Waals surface area contributed by atoms with Crippen LogP contribution in [0.2, 0.25) is 0 Å². The highest BCUT2D eigenvalue weighted by Crippen LogP contribution is 2.40. The molecule has 7 nitrogen and oxygen atoms in total. The van der Waals surface area contributed by atoms with Gasteiger partial charge in [0.05, 0.1) is 24.5 Å². The number of rotatable bonds is 2. The van der Waals surface area contributed by atoms with Gasteiger partial charge in [-0.05, 0) is 26.0 Å². The Morgan fingerprint density at radius 1 is 1.34 bits per heavy atom. The molecule has 3 heterocycles. The van der Waals surface area contributed by atoms with Gasteiger partial charge in [-0.1, -0.05) is 0 Å². The normalized spacial score (nSPS) is 19.3. The molecule has 3 aromatic rings. The molecular formula is C18H16F4N4O3. The summed E-state index contributed by atoms with van der Waals surface area (Å²) >= 11 is 0. The molecule has 1 N–H and O–H groups in total. The molecule has 2 aromatic heterocycles. The minimum Gasteiger partial charge on any atom is -0.432 e. The molecule has 1 aromatic carbocycles. The van der Waals surface area contributed by atoms with Crippen LogP contribution in [0, 0.1) is 5.82 Å². The Balaban J connectivity index is 1.64. The Hall–Kier alpha value is -2.95. The number of alkyl halides is 3. The number of oxazole rings is 1. The molecule has 0 aliphatic carbocycles. The van der Waals surface area contributed by atoms with Crippen molar-refractivity contribution < 1.29 is 31.9 Å². The third kappa shape index (κ3) is 3.05. The first-order chi connectivity index (χ1) is 13.5. The molecule has 29 heavy (non-hydrogen) atoms. The summed E-state index contributed by atoms with van der Waals surface area (Å²) in [5.74, 6) is -1.89. The van der Waals surface area contributed by atoms with Gasteiger partial charge in [0.1, 0.15) is 11.3 Å². The van der Waals surface area contributed by atoms with Gasteiger partial charge in [-0.2, -0.15) is 13.2 Å². The highest BCUT2D eigenvalue weighted by Gasteiger charge is 2.55. The monoisotopic (exact) mass is 412 g/mol. The number of carbonyl (C=O) groups is 1. The maximum Gasteiger partial charge on any atom is 0.424 e. The number of hydrogen-bond acceptors (Lipinski definition) is 5. The van der Waals surface area contributed by atoms with Crippen LogP contribution in [0.15, 0.2) is 28.8 Å². The molecule has 0 spiro atoms. The van der Waals surface area contributed by atoms with Crippen molar-refractivity contribution in [3.05, 3.63) is 47.6 Å². The van der Waals surface area contributed by atoms with Gasteiger partial charge in [0.25, 0.3) is 5.89 Å². The van der Waals surface area contributed by atoms with E-state index in [4.69, 9.17) is 4.42 Å². The van der Waals surface area contributed by atoms with Crippen LogP contribution in [-0.4, -0.2) is 43.2 Å². The second-order valence-corrected chi connectivity index (χ2v) is 7.18. The molecule has 1 aliphatic rings. The van der Waals surface area contributed by atoms with Crippen molar-refractivity contribution in [1.29, 1.82) is 0 Å². The molecule has 4 rings (SSSR count). The first kappa shape index (κ1) is 19.4. The van der Waals surface area contributed by atoms with Gasteiger partial charge >= 0.3 is 12.1 Å². The smallest absolute Gasteiger partial charge is 0.424 e. The molecule has 0 saturated heterocycles. The molecule has 0 bridgehead atoms. The van der Waals surface area contributed by atoms with E-state index >= 15 is 0 Å². The first-order valence-electron chi connectivity index (χ1n) is 8.70. The summed E-state index contributed by atoms with van der Waals surface area (Å²) < 4.78 is 59.6. The minimum absolute atomic E-state index is 0.0444. The third-order valence-corrected chi connectivity index (χ3v) is 4.96. The fourth-order valence-corrected chi connectivity index (χ4v) is 3.43. The number of hydrogen-bond donors (Lipinski definition) is 1. The second kappa shape index (κ2) is 6.28. The fraction of sp³-hybridized carbons (Fsp3) is 0.389. The van der Waals surface area contributed by atoms with Gasteiger partial charge in [0, 0.05) is 12.6 Å². The molecule has 11 heteroatoms. The van der Waals surface area contributed by atoms with Crippen LogP contribution in [0.1, 0.15) is 42.1 Å². The molecular weight excluding hydrogens is 396 g/mol. The summed E-state index contributed by atoms with van der Waals surface area (Å²) in [6.45, 7) is 2.26. The van der Waals surface area contributed by atoms with E-state index in [2.05, 4.69) is 9.97 Å². The zero-order valence-electron chi connectivity index (χ0n) is 15.4. The predicted molar refractivity (Wildman–Crippen MR) is 91.3 cm³/mol. The van der Waals surface area contributed by atoms with Crippen molar-refractivity contribution in [3.8, 4) is 0 Å². The van der Waals surface area contributed by atoms with E-state index in [0.717, 1.165) is 6.07 Å². The van der Waals surface area contributed by atoms with Crippen LogP contribution in [0.3, 0.4) is 0 Å². The lowest BCUT2D eigenvalue weighted by Gasteiger charge is -2.35. The minimum atomic E-state index is -4.91. The first-order valence-corrected chi connectivity index (χ1v) is 8.70. The van der Waals surface area contributed by atoms with Crippen molar-refractivity contribution in [2.75, 3.05) is 6.54 Å². The number of halogens is 4. The lowest BCUT2D eigenvalue weighted by molar-refractivity contribution is -0.263. The highest BCUT2D eigenvalue weighted by atomic mass is 19.4. The SMILES string of the molecule is C[C@H]1CN(C(=O)c2nc3ccc(F)cc3o2)Cc2cnc(C(C)(O)C(F)(F)F)n21. The number of aromatic nitrogens is 3. The molecule has 1 aliphatic heterocycles. The molecule has 0 saturated carbocycles. The number of fused-ring (bicyclic) bond motifs is 2. The Bertz CT molecular complexity index is 1100. The summed E-state index contributed by atoms with van der Waals surface area (Å²) in [6.07, 6.45) is -3.71. The van der Waals surface area contributed by atoms with Crippen LogP contribution in [0.4, 0.5) is 17.6 Å². The van der Waals surface area contributed by atoms with Gasteiger partial charge in [0.2, 0.25) is 5.60 Å². The zero-order valence-corrected chi connectivity index (χ0v) is 15.4. The quantitative estimate of drug-likeness (QED) is 0.654. The van der Waals surface area contributed by atoms with Gasteiger partial charge in [-0.15, -0.1) is 0 Å². The number of benzene rings is 1. The van der Waals surface area contributed by atoms with E-state index in [1.807, 2.05) is 0 Å². The standard InChI is InChI=1S/C18H16F4N4O3/c1-9-7-25(15(27)14-24-12-4-3-10(19)5-13(12)29-14)8-11-6-23-16(26(9)11)17(2,28)18(20,21)22/h3-6,9,28H,7-8H2,1-2H3/t9-,17?/m0/s1. The van der Waals surface area contributed by atoms with Crippen LogP contribution in [0.5, 0.6) is 0 Å². The largest absolute Gasteiger partial charge is 0.432 e. The number of nitrogens with zero attached hydrogens (tertiary/aromatic N) is 4. The number of imidazole rings is 1.